The van der Waals surface area contributed by atoms with Crippen LogP contribution in [0.3, 0.4) is 0 Å². The van der Waals surface area contributed by atoms with Crippen LogP contribution in [0.25, 0.3) is 0 Å². The lowest BCUT2D eigenvalue weighted by molar-refractivity contribution is 0.318. The van der Waals surface area contributed by atoms with Crippen molar-refractivity contribution in [3.8, 4) is 0 Å². The first-order valence-electron chi connectivity index (χ1n) is 3.21. The highest BCUT2D eigenvalue weighted by Gasteiger charge is 1.96. The number of nitrogens with two attached hydrogens (primary N) is 1. The summed E-state index contributed by atoms with van der Waals surface area (Å²) in [5.74, 6) is 2.63. The number of amidine groups is 1. The molecule has 3 N–H and O–H groups in total. The molecule has 10 heavy (non-hydrogen) atoms. The van der Waals surface area contributed by atoms with Crippen LogP contribution in [-0.2, 0) is 0 Å². The molecule has 0 saturated carbocycles. The van der Waals surface area contributed by atoms with Crippen molar-refractivity contribution in [2.45, 2.75) is 13.8 Å². The fourth-order valence-electron chi connectivity index (χ4n) is 0.428. The maximum Gasteiger partial charge on any atom is 0.149 e. The minimum Gasteiger partial charge on any atom is -0.409 e. The number of hydrogen-bond acceptors (Lipinski definition) is 3. The summed E-state index contributed by atoms with van der Waals surface area (Å²) in [5.41, 5.74) is 5.24. The van der Waals surface area contributed by atoms with E-state index in [2.05, 4.69) is 19.0 Å². The van der Waals surface area contributed by atoms with Crippen molar-refractivity contribution < 1.29 is 5.21 Å². The second kappa shape index (κ2) is 5.41. The zero-order valence-corrected chi connectivity index (χ0v) is 7.19. The Morgan fingerprint density at radius 3 is 2.70 bits per heavy atom. The van der Waals surface area contributed by atoms with Gasteiger partial charge in [-0.25, -0.2) is 0 Å². The third-order valence-electron chi connectivity index (χ3n) is 0.830. The predicted octanol–water partition coefficient (Wildman–Crippen LogP) is 1.12. The summed E-state index contributed by atoms with van der Waals surface area (Å²) >= 11 is 1.68. The molecule has 0 spiro atoms. The number of nitrogens with zero attached hydrogens (tertiary/aromatic N) is 1. The van der Waals surface area contributed by atoms with Crippen molar-refractivity contribution in [1.82, 2.24) is 0 Å². The summed E-state index contributed by atoms with van der Waals surface area (Å²) in [5, 5.41) is 11.0. The summed E-state index contributed by atoms with van der Waals surface area (Å²) in [6.07, 6.45) is 0. The number of oxime groups is 1. The molecule has 0 radical (unpaired) electrons. The van der Waals surface area contributed by atoms with Crippen molar-refractivity contribution in [2.24, 2.45) is 16.8 Å². The van der Waals surface area contributed by atoms with Gasteiger partial charge in [-0.05, 0) is 11.7 Å². The van der Waals surface area contributed by atoms with E-state index >= 15 is 0 Å². The van der Waals surface area contributed by atoms with Crippen molar-refractivity contribution >= 4 is 17.6 Å². The molecule has 0 saturated heterocycles. The normalized spacial score (nSPS) is 12.5. The molecule has 0 aromatic carbocycles. The van der Waals surface area contributed by atoms with Crippen molar-refractivity contribution in [1.29, 1.82) is 0 Å². The highest BCUT2D eigenvalue weighted by molar-refractivity contribution is 7.99. The van der Waals surface area contributed by atoms with E-state index in [-0.39, 0.29) is 0 Å². The summed E-state index contributed by atoms with van der Waals surface area (Å²) in [7, 11) is 0. The zero-order valence-electron chi connectivity index (χ0n) is 6.37. The topological polar surface area (TPSA) is 58.6 Å². The standard InChI is InChI=1S/C6H14N2OS/c1-5(2)3-10-4-6(7)8-9/h5,9H,3-4H2,1-2H3,(H2,7,8). The maximum absolute atomic E-state index is 8.15. The lowest BCUT2D eigenvalue weighted by Crippen LogP contribution is -2.15. The molecule has 3 nitrogen and oxygen atoms in total. The van der Waals surface area contributed by atoms with Crippen molar-refractivity contribution in [2.75, 3.05) is 11.5 Å². The predicted molar refractivity (Wildman–Crippen MR) is 45.6 cm³/mol. The smallest absolute Gasteiger partial charge is 0.149 e. The van der Waals surface area contributed by atoms with Gasteiger partial charge in [-0.15, -0.1) is 0 Å². The minimum atomic E-state index is 0.297. The van der Waals surface area contributed by atoms with Gasteiger partial charge < -0.3 is 10.9 Å². The van der Waals surface area contributed by atoms with E-state index in [1.54, 1.807) is 11.8 Å². The van der Waals surface area contributed by atoms with Gasteiger partial charge in [0.25, 0.3) is 0 Å². The Balaban J connectivity index is 3.20. The summed E-state index contributed by atoms with van der Waals surface area (Å²) < 4.78 is 0. The van der Waals surface area contributed by atoms with Crippen LogP contribution in [0.4, 0.5) is 0 Å². The molecular formula is C6H14N2OS. The SMILES string of the molecule is CC(C)CSC/C(N)=N/O. The first-order chi connectivity index (χ1) is 4.66. The van der Waals surface area contributed by atoms with Gasteiger partial charge in [-0.1, -0.05) is 19.0 Å². The highest BCUT2D eigenvalue weighted by atomic mass is 32.2. The number of rotatable bonds is 4. The third-order valence-corrected chi connectivity index (χ3v) is 2.23. The molecule has 0 rings (SSSR count). The van der Waals surface area contributed by atoms with Crippen molar-refractivity contribution in [3.63, 3.8) is 0 Å². The average Bonchev–Trinajstić information content (AvgIpc) is 1.87. The quantitative estimate of drug-likeness (QED) is 0.282. The van der Waals surface area contributed by atoms with E-state index in [0.717, 1.165) is 5.75 Å². The molecule has 0 aromatic rings. The first kappa shape index (κ1) is 9.62. The second-order valence-corrected chi connectivity index (χ2v) is 3.53. The Kier molecular flexibility index (Phi) is 5.20. The lowest BCUT2D eigenvalue weighted by Gasteiger charge is -2.01. The van der Waals surface area contributed by atoms with Gasteiger partial charge in [0.1, 0.15) is 5.84 Å². The fraction of sp³-hybridized carbons (Fsp3) is 0.833. The molecule has 60 valence electrons. The van der Waals surface area contributed by atoms with E-state index < -0.39 is 0 Å². The highest BCUT2D eigenvalue weighted by Crippen LogP contribution is 2.05. The van der Waals surface area contributed by atoms with Gasteiger partial charge in [0.2, 0.25) is 0 Å². The Morgan fingerprint density at radius 2 is 2.30 bits per heavy atom. The first-order valence-corrected chi connectivity index (χ1v) is 4.36. The van der Waals surface area contributed by atoms with Crippen LogP contribution in [0.5, 0.6) is 0 Å². The van der Waals surface area contributed by atoms with Gasteiger partial charge in [-0.3, -0.25) is 0 Å². The molecule has 0 aliphatic carbocycles. The zero-order chi connectivity index (χ0) is 7.98. The lowest BCUT2D eigenvalue weighted by atomic mass is 10.3. The largest absolute Gasteiger partial charge is 0.409 e. The van der Waals surface area contributed by atoms with E-state index in [4.69, 9.17) is 10.9 Å². The second-order valence-electron chi connectivity index (χ2n) is 2.50. The summed E-state index contributed by atoms with van der Waals surface area (Å²) in [6.45, 7) is 4.28. The van der Waals surface area contributed by atoms with Gasteiger partial charge in [0.15, 0.2) is 0 Å². The minimum absolute atomic E-state index is 0.297. The molecule has 0 fully saturated rings. The van der Waals surface area contributed by atoms with E-state index in [1.807, 2.05) is 0 Å². The van der Waals surface area contributed by atoms with Crippen LogP contribution in [0.15, 0.2) is 5.16 Å². The fourth-order valence-corrected chi connectivity index (χ4v) is 1.28. The van der Waals surface area contributed by atoms with E-state index in [1.165, 1.54) is 0 Å². The summed E-state index contributed by atoms with van der Waals surface area (Å²) in [4.78, 5) is 0. The van der Waals surface area contributed by atoms with Crippen LogP contribution in [0.1, 0.15) is 13.8 Å². The van der Waals surface area contributed by atoms with E-state index in [9.17, 15) is 0 Å². The van der Waals surface area contributed by atoms with Gasteiger partial charge in [-0.2, -0.15) is 11.8 Å². The van der Waals surface area contributed by atoms with Crippen LogP contribution >= 0.6 is 11.8 Å². The number of hydrogen-bond donors (Lipinski definition) is 2. The Bertz CT molecular complexity index is 114. The maximum atomic E-state index is 8.15. The van der Waals surface area contributed by atoms with Crippen LogP contribution < -0.4 is 5.73 Å². The van der Waals surface area contributed by atoms with Crippen LogP contribution in [0.2, 0.25) is 0 Å². The number of thioether (sulfide) groups is 1. The molecule has 0 unspecified atom stereocenters. The van der Waals surface area contributed by atoms with E-state index in [0.29, 0.717) is 17.5 Å². The summed E-state index contributed by atoms with van der Waals surface area (Å²) in [6, 6.07) is 0. The van der Waals surface area contributed by atoms with Crippen LogP contribution in [-0.4, -0.2) is 22.5 Å². The van der Waals surface area contributed by atoms with Crippen molar-refractivity contribution in [3.05, 3.63) is 0 Å². The van der Waals surface area contributed by atoms with Gasteiger partial charge >= 0.3 is 0 Å². The molecular weight excluding hydrogens is 148 g/mol. The monoisotopic (exact) mass is 162 g/mol. The molecule has 0 amide bonds. The van der Waals surface area contributed by atoms with Gasteiger partial charge in [0, 0.05) is 0 Å². The molecule has 0 aliphatic heterocycles. The molecule has 0 heterocycles. The molecule has 0 aromatic heterocycles. The molecule has 0 atom stereocenters. The van der Waals surface area contributed by atoms with Gasteiger partial charge in [0.05, 0.1) is 5.75 Å². The molecule has 0 bridgehead atoms. The Labute approximate surface area is 65.7 Å². The molecule has 0 aliphatic rings. The molecule has 4 heteroatoms. The Morgan fingerprint density at radius 1 is 1.70 bits per heavy atom. The third kappa shape index (κ3) is 5.75. The average molecular weight is 162 g/mol. The Hall–Kier alpha value is -0.380. The van der Waals surface area contributed by atoms with Crippen LogP contribution in [0, 0.1) is 5.92 Å².